The number of likely N-dealkylation sites (N-methyl/N-ethyl adjacent to an activating group) is 1. The van der Waals surface area contributed by atoms with E-state index in [1.165, 1.54) is 7.11 Å². The van der Waals surface area contributed by atoms with E-state index < -0.39 is 0 Å². The molecule has 20 heavy (non-hydrogen) atoms. The van der Waals surface area contributed by atoms with E-state index in [1.54, 1.807) is 7.11 Å². The van der Waals surface area contributed by atoms with Crippen LogP contribution in [0.5, 0.6) is 5.75 Å². The van der Waals surface area contributed by atoms with Crippen LogP contribution in [0.4, 0.5) is 5.69 Å². The molecule has 0 spiro atoms. The quantitative estimate of drug-likeness (QED) is 0.734. The van der Waals surface area contributed by atoms with Gasteiger partial charge < -0.3 is 19.7 Å². The highest BCUT2D eigenvalue weighted by Gasteiger charge is 2.18. The van der Waals surface area contributed by atoms with Crippen molar-refractivity contribution in [3.8, 4) is 5.75 Å². The number of anilines is 1. The lowest BCUT2D eigenvalue weighted by Gasteiger charge is -2.22. The van der Waals surface area contributed by atoms with E-state index in [0.717, 1.165) is 24.5 Å². The lowest BCUT2D eigenvalue weighted by Crippen LogP contribution is -2.40. The number of hydrogen-bond donors (Lipinski definition) is 1. The monoisotopic (exact) mass is 280 g/mol. The van der Waals surface area contributed by atoms with Crippen LogP contribution in [0.2, 0.25) is 0 Å². The summed E-state index contributed by atoms with van der Waals surface area (Å²) >= 11 is 0. The van der Waals surface area contributed by atoms with Gasteiger partial charge in [0.25, 0.3) is 0 Å². The van der Waals surface area contributed by atoms with Crippen LogP contribution in [0.25, 0.3) is 0 Å². The first-order chi connectivity index (χ1) is 9.62. The van der Waals surface area contributed by atoms with Crippen LogP contribution in [0.3, 0.4) is 0 Å². The summed E-state index contributed by atoms with van der Waals surface area (Å²) in [5, 5.41) is 3.14. The van der Waals surface area contributed by atoms with Crippen molar-refractivity contribution >= 4 is 11.7 Å². The molecule has 0 saturated carbocycles. The summed E-state index contributed by atoms with van der Waals surface area (Å²) in [4.78, 5) is 13.7. The largest absolute Gasteiger partial charge is 0.497 e. The molecule has 0 aliphatic rings. The van der Waals surface area contributed by atoms with E-state index in [1.807, 2.05) is 38.2 Å². The number of hydrogen-bond acceptors (Lipinski definition) is 5. The minimum Gasteiger partial charge on any atom is -0.497 e. The van der Waals surface area contributed by atoms with Gasteiger partial charge >= 0.3 is 5.97 Å². The van der Waals surface area contributed by atoms with Gasteiger partial charge in [0, 0.05) is 19.3 Å². The first-order valence-corrected chi connectivity index (χ1v) is 6.78. The molecule has 5 heteroatoms. The lowest BCUT2D eigenvalue weighted by atomic mass is 10.2. The Balaban J connectivity index is 2.55. The van der Waals surface area contributed by atoms with E-state index in [0.29, 0.717) is 6.42 Å². The lowest BCUT2D eigenvalue weighted by molar-refractivity contribution is -0.143. The summed E-state index contributed by atoms with van der Waals surface area (Å²) in [6.07, 6.45) is 0.697. The van der Waals surface area contributed by atoms with Crippen molar-refractivity contribution in [1.29, 1.82) is 0 Å². The van der Waals surface area contributed by atoms with E-state index >= 15 is 0 Å². The molecule has 0 aliphatic carbocycles. The minimum absolute atomic E-state index is 0.213. The van der Waals surface area contributed by atoms with E-state index in [9.17, 15) is 4.79 Å². The zero-order chi connectivity index (χ0) is 15.0. The number of methoxy groups -OCH3 is 2. The molecule has 0 amide bonds. The fourth-order valence-corrected chi connectivity index (χ4v) is 1.98. The van der Waals surface area contributed by atoms with Crippen molar-refractivity contribution in [3.63, 3.8) is 0 Å². The van der Waals surface area contributed by atoms with Crippen molar-refractivity contribution in [2.75, 3.05) is 39.3 Å². The fourth-order valence-electron chi connectivity index (χ4n) is 1.98. The Bertz CT molecular complexity index is 406. The van der Waals surface area contributed by atoms with Crippen LogP contribution in [-0.2, 0) is 9.53 Å². The minimum atomic E-state index is -0.259. The summed E-state index contributed by atoms with van der Waals surface area (Å²) in [6, 6.07) is 7.59. The molecule has 1 aromatic carbocycles. The second-order valence-corrected chi connectivity index (χ2v) is 4.54. The predicted molar refractivity (Wildman–Crippen MR) is 80.4 cm³/mol. The molecule has 1 N–H and O–H groups in total. The Kier molecular flexibility index (Phi) is 6.87. The Morgan fingerprint density at radius 2 is 1.95 bits per heavy atom. The highest BCUT2D eigenvalue weighted by molar-refractivity contribution is 5.75. The molecule has 0 radical (unpaired) electrons. The fraction of sp³-hybridized carbons (Fsp3) is 0.533. The molecule has 0 heterocycles. The van der Waals surface area contributed by atoms with Gasteiger partial charge in [-0.05, 0) is 37.2 Å². The molecule has 1 unspecified atom stereocenters. The van der Waals surface area contributed by atoms with Crippen molar-refractivity contribution in [1.82, 2.24) is 5.32 Å². The molecule has 112 valence electrons. The van der Waals surface area contributed by atoms with Crippen molar-refractivity contribution in [2.24, 2.45) is 0 Å². The molecule has 0 bridgehead atoms. The van der Waals surface area contributed by atoms with E-state index in [-0.39, 0.29) is 12.0 Å². The Hall–Kier alpha value is -1.75. The Labute approximate surface area is 120 Å². The third kappa shape index (κ3) is 4.74. The van der Waals surface area contributed by atoms with Crippen LogP contribution in [-0.4, -0.2) is 46.4 Å². The molecule has 1 atom stereocenters. The third-order valence-electron chi connectivity index (χ3n) is 3.20. The number of carbonyl (C=O) groups excluding carboxylic acids is 1. The van der Waals surface area contributed by atoms with Crippen molar-refractivity contribution < 1.29 is 14.3 Å². The smallest absolute Gasteiger partial charge is 0.322 e. The molecule has 0 saturated heterocycles. The average molecular weight is 280 g/mol. The van der Waals surface area contributed by atoms with Gasteiger partial charge in [-0.3, -0.25) is 4.79 Å². The van der Waals surface area contributed by atoms with Gasteiger partial charge in [-0.15, -0.1) is 0 Å². The standard InChI is InChI=1S/C15H24N2O3/c1-5-16-14(15(18)20-4)10-11-17(2)12-6-8-13(19-3)9-7-12/h6-9,14,16H,5,10-11H2,1-4H3. The summed E-state index contributed by atoms with van der Waals surface area (Å²) in [7, 11) is 5.07. The van der Waals surface area contributed by atoms with Crippen LogP contribution in [0.1, 0.15) is 13.3 Å². The van der Waals surface area contributed by atoms with Crippen LogP contribution >= 0.6 is 0 Å². The van der Waals surface area contributed by atoms with Crippen molar-refractivity contribution in [3.05, 3.63) is 24.3 Å². The molecule has 1 rings (SSSR count). The molecule has 1 aromatic rings. The van der Waals surface area contributed by atoms with Gasteiger partial charge in [0.2, 0.25) is 0 Å². The number of esters is 1. The second-order valence-electron chi connectivity index (χ2n) is 4.54. The number of rotatable bonds is 8. The van der Waals surface area contributed by atoms with Gasteiger partial charge in [0.1, 0.15) is 11.8 Å². The summed E-state index contributed by atoms with van der Waals surface area (Å²) in [6.45, 7) is 3.48. The van der Waals surface area contributed by atoms with Crippen molar-refractivity contribution in [2.45, 2.75) is 19.4 Å². The topological polar surface area (TPSA) is 50.8 Å². The van der Waals surface area contributed by atoms with Gasteiger partial charge in [-0.25, -0.2) is 0 Å². The SMILES string of the molecule is CCNC(CCN(C)c1ccc(OC)cc1)C(=O)OC. The van der Waals surface area contributed by atoms with Gasteiger partial charge in [0.05, 0.1) is 14.2 Å². The highest BCUT2D eigenvalue weighted by atomic mass is 16.5. The van der Waals surface area contributed by atoms with Crippen LogP contribution in [0.15, 0.2) is 24.3 Å². The highest BCUT2D eigenvalue weighted by Crippen LogP contribution is 2.18. The van der Waals surface area contributed by atoms with Gasteiger partial charge in [-0.2, -0.15) is 0 Å². The number of ether oxygens (including phenoxy) is 2. The first kappa shape index (κ1) is 16.3. The number of nitrogens with zero attached hydrogens (tertiary/aromatic N) is 1. The first-order valence-electron chi connectivity index (χ1n) is 6.78. The maximum Gasteiger partial charge on any atom is 0.322 e. The second kappa shape index (κ2) is 8.43. The zero-order valence-electron chi connectivity index (χ0n) is 12.7. The summed E-state index contributed by atoms with van der Waals surface area (Å²) < 4.78 is 9.93. The normalized spacial score (nSPS) is 11.8. The van der Waals surface area contributed by atoms with E-state index in [4.69, 9.17) is 9.47 Å². The average Bonchev–Trinajstić information content (AvgIpc) is 2.50. The van der Waals surface area contributed by atoms with E-state index in [2.05, 4.69) is 10.2 Å². The van der Waals surface area contributed by atoms with Gasteiger partial charge in [0.15, 0.2) is 0 Å². The number of benzene rings is 1. The maximum atomic E-state index is 11.6. The van der Waals surface area contributed by atoms with Crippen LogP contribution < -0.4 is 15.0 Å². The molecule has 0 aromatic heterocycles. The summed E-state index contributed by atoms with van der Waals surface area (Å²) in [5.41, 5.74) is 1.09. The van der Waals surface area contributed by atoms with Gasteiger partial charge in [-0.1, -0.05) is 6.92 Å². The molecule has 0 aliphatic heterocycles. The predicted octanol–water partition coefficient (Wildman–Crippen LogP) is 1.67. The number of carbonyl (C=O) groups is 1. The molecular weight excluding hydrogens is 256 g/mol. The van der Waals surface area contributed by atoms with Crippen LogP contribution in [0, 0.1) is 0 Å². The zero-order valence-corrected chi connectivity index (χ0v) is 12.7. The maximum absolute atomic E-state index is 11.6. The summed E-state index contributed by atoms with van der Waals surface area (Å²) in [5.74, 6) is 0.622. The third-order valence-corrected chi connectivity index (χ3v) is 3.20. The molecule has 0 fully saturated rings. The Morgan fingerprint density at radius 3 is 2.45 bits per heavy atom. The Morgan fingerprint density at radius 1 is 1.30 bits per heavy atom. The molecular formula is C15H24N2O3. The number of nitrogens with one attached hydrogen (secondary N) is 1. The molecule has 5 nitrogen and oxygen atoms in total.